The van der Waals surface area contributed by atoms with Gasteiger partial charge in [-0.25, -0.2) is 0 Å². The van der Waals surface area contributed by atoms with Gasteiger partial charge in [-0.1, -0.05) is 55.0 Å². The topological polar surface area (TPSA) is 21.7 Å². The molecular formula is C21H23NO2. The van der Waals surface area contributed by atoms with Crippen molar-refractivity contribution in [3.05, 3.63) is 59.7 Å². The molecule has 124 valence electrons. The minimum Gasteiger partial charge on any atom is -0.339 e. The van der Waals surface area contributed by atoms with Gasteiger partial charge in [-0.15, -0.1) is 0 Å². The summed E-state index contributed by atoms with van der Waals surface area (Å²) in [5.74, 6) is -0.701. The summed E-state index contributed by atoms with van der Waals surface area (Å²) in [5.41, 5.74) is 4.80. The molecule has 24 heavy (non-hydrogen) atoms. The molecule has 0 saturated carbocycles. The van der Waals surface area contributed by atoms with E-state index in [2.05, 4.69) is 53.4 Å². The van der Waals surface area contributed by atoms with E-state index in [-0.39, 0.29) is 6.10 Å². The van der Waals surface area contributed by atoms with Crippen molar-refractivity contribution in [2.45, 2.75) is 31.2 Å². The third kappa shape index (κ3) is 2.16. The van der Waals surface area contributed by atoms with Gasteiger partial charge in [0.05, 0.1) is 12.7 Å². The lowest BCUT2D eigenvalue weighted by Gasteiger charge is -2.30. The Morgan fingerprint density at radius 2 is 1.50 bits per heavy atom. The Morgan fingerprint density at radius 1 is 0.875 bits per heavy atom. The molecule has 1 unspecified atom stereocenters. The van der Waals surface area contributed by atoms with E-state index >= 15 is 0 Å². The number of piperidine rings is 1. The first-order valence-electron chi connectivity index (χ1n) is 9.10. The number of hydrogen-bond acceptors (Lipinski definition) is 3. The average Bonchev–Trinajstić information content (AvgIpc) is 3.18. The van der Waals surface area contributed by atoms with Crippen molar-refractivity contribution in [1.82, 2.24) is 4.90 Å². The highest BCUT2D eigenvalue weighted by molar-refractivity contribution is 5.79. The lowest BCUT2D eigenvalue weighted by atomic mass is 10.0. The van der Waals surface area contributed by atoms with Crippen LogP contribution in [0.4, 0.5) is 0 Å². The predicted molar refractivity (Wildman–Crippen MR) is 93.8 cm³/mol. The van der Waals surface area contributed by atoms with Gasteiger partial charge in [0.1, 0.15) is 0 Å². The van der Waals surface area contributed by atoms with E-state index in [1.807, 2.05) is 0 Å². The summed E-state index contributed by atoms with van der Waals surface area (Å²) in [5, 5.41) is 0. The van der Waals surface area contributed by atoms with Gasteiger partial charge in [0.15, 0.2) is 0 Å². The first-order valence-corrected chi connectivity index (χ1v) is 9.10. The number of hydrogen-bond donors (Lipinski definition) is 0. The number of likely N-dealkylation sites (tertiary alicyclic amines) is 1. The summed E-state index contributed by atoms with van der Waals surface area (Å²) < 4.78 is 13.0. The van der Waals surface area contributed by atoms with E-state index in [0.29, 0.717) is 6.61 Å². The van der Waals surface area contributed by atoms with Gasteiger partial charge in [0.25, 0.3) is 0 Å². The van der Waals surface area contributed by atoms with Gasteiger partial charge in [0, 0.05) is 17.7 Å². The monoisotopic (exact) mass is 321 g/mol. The molecule has 2 aromatic carbocycles. The minimum atomic E-state index is -0.701. The number of rotatable bonds is 2. The van der Waals surface area contributed by atoms with Crippen molar-refractivity contribution in [1.29, 1.82) is 0 Å². The molecule has 3 heteroatoms. The minimum absolute atomic E-state index is 0.141. The van der Waals surface area contributed by atoms with E-state index in [0.717, 1.165) is 17.7 Å². The van der Waals surface area contributed by atoms with Crippen LogP contribution in [0.2, 0.25) is 0 Å². The Morgan fingerprint density at radius 3 is 2.17 bits per heavy atom. The van der Waals surface area contributed by atoms with Crippen LogP contribution in [0, 0.1) is 0 Å². The summed E-state index contributed by atoms with van der Waals surface area (Å²) in [7, 11) is 0. The second-order valence-electron chi connectivity index (χ2n) is 7.12. The fourth-order valence-electron chi connectivity index (χ4n) is 4.47. The maximum Gasteiger partial charge on any atom is 0.224 e. The van der Waals surface area contributed by atoms with E-state index in [1.54, 1.807) is 0 Å². The highest BCUT2D eigenvalue weighted by Crippen LogP contribution is 2.52. The molecule has 3 aliphatic rings. The zero-order valence-electron chi connectivity index (χ0n) is 13.9. The third-order valence-electron chi connectivity index (χ3n) is 5.57. The zero-order chi connectivity index (χ0) is 16.0. The number of ether oxygens (including phenoxy) is 2. The van der Waals surface area contributed by atoms with Gasteiger partial charge in [-0.05, 0) is 37.1 Å². The highest BCUT2D eigenvalue weighted by atomic mass is 16.7. The second kappa shape index (κ2) is 5.69. The standard InChI is InChI=1S/C21H23NO2/c1-6-12-22(13-7-1)14-16-15-23-21(24-16)19-10-4-2-8-17(19)18-9-3-5-11-20(18)21/h2-5,8-11,16H,1,6-7,12-15H2. The molecule has 0 bridgehead atoms. The Balaban J connectivity index is 1.47. The van der Waals surface area contributed by atoms with Crippen molar-refractivity contribution in [3.8, 4) is 11.1 Å². The maximum absolute atomic E-state index is 6.60. The summed E-state index contributed by atoms with van der Waals surface area (Å²) in [4.78, 5) is 2.53. The van der Waals surface area contributed by atoms with Crippen LogP contribution in [-0.2, 0) is 15.3 Å². The summed E-state index contributed by atoms with van der Waals surface area (Å²) in [6, 6.07) is 17.0. The zero-order valence-corrected chi connectivity index (χ0v) is 13.9. The molecule has 1 atom stereocenters. The molecule has 1 aliphatic carbocycles. The number of nitrogens with zero attached hydrogens (tertiary/aromatic N) is 1. The maximum atomic E-state index is 6.60. The molecular weight excluding hydrogens is 298 g/mol. The van der Waals surface area contributed by atoms with E-state index in [9.17, 15) is 0 Å². The van der Waals surface area contributed by atoms with Crippen molar-refractivity contribution in [2.75, 3.05) is 26.2 Å². The van der Waals surface area contributed by atoms with Crippen molar-refractivity contribution >= 4 is 0 Å². The lowest BCUT2D eigenvalue weighted by molar-refractivity contribution is -0.141. The lowest BCUT2D eigenvalue weighted by Crippen LogP contribution is -2.38. The van der Waals surface area contributed by atoms with Crippen LogP contribution in [0.5, 0.6) is 0 Å². The van der Waals surface area contributed by atoms with Crippen molar-refractivity contribution < 1.29 is 9.47 Å². The fourth-order valence-corrected chi connectivity index (χ4v) is 4.47. The Hall–Kier alpha value is -1.68. The molecule has 2 aliphatic heterocycles. The van der Waals surface area contributed by atoms with Crippen LogP contribution < -0.4 is 0 Å². The predicted octanol–water partition coefficient (Wildman–Crippen LogP) is 3.77. The largest absolute Gasteiger partial charge is 0.339 e. The molecule has 2 fully saturated rings. The van der Waals surface area contributed by atoms with Gasteiger partial charge in [-0.3, -0.25) is 0 Å². The van der Waals surface area contributed by atoms with Crippen molar-refractivity contribution in [3.63, 3.8) is 0 Å². The van der Waals surface area contributed by atoms with Crippen LogP contribution >= 0.6 is 0 Å². The molecule has 0 aromatic heterocycles. The number of benzene rings is 2. The quantitative estimate of drug-likeness (QED) is 0.840. The molecule has 2 heterocycles. The van der Waals surface area contributed by atoms with Gasteiger partial charge in [-0.2, -0.15) is 0 Å². The summed E-state index contributed by atoms with van der Waals surface area (Å²) in [6.07, 6.45) is 4.13. The molecule has 0 amide bonds. The normalized spacial score (nSPS) is 24.9. The second-order valence-corrected chi connectivity index (χ2v) is 7.12. The van der Waals surface area contributed by atoms with Gasteiger partial charge in [0.2, 0.25) is 5.79 Å². The molecule has 0 N–H and O–H groups in total. The van der Waals surface area contributed by atoms with E-state index in [1.165, 1.54) is 43.5 Å². The molecule has 1 spiro atoms. The molecule has 5 rings (SSSR count). The van der Waals surface area contributed by atoms with Gasteiger partial charge >= 0.3 is 0 Å². The highest BCUT2D eigenvalue weighted by Gasteiger charge is 2.51. The molecule has 2 aromatic rings. The number of fused-ring (bicyclic) bond motifs is 5. The average molecular weight is 321 g/mol. The Kier molecular flexibility index (Phi) is 3.47. The SMILES string of the molecule is c1ccc2c(c1)-c1ccccc1C21OCC(CN2CCCCC2)O1. The van der Waals surface area contributed by atoms with Crippen LogP contribution in [0.1, 0.15) is 30.4 Å². The van der Waals surface area contributed by atoms with Crippen LogP contribution in [0.3, 0.4) is 0 Å². The first-order chi connectivity index (χ1) is 11.9. The fraction of sp³-hybridized carbons (Fsp3) is 0.429. The van der Waals surface area contributed by atoms with Crippen LogP contribution in [0.25, 0.3) is 11.1 Å². The van der Waals surface area contributed by atoms with Crippen molar-refractivity contribution in [2.24, 2.45) is 0 Å². The molecule has 2 saturated heterocycles. The smallest absolute Gasteiger partial charge is 0.224 e. The molecule has 0 radical (unpaired) electrons. The Labute approximate surface area is 143 Å². The van der Waals surface area contributed by atoms with E-state index < -0.39 is 5.79 Å². The van der Waals surface area contributed by atoms with Crippen LogP contribution in [-0.4, -0.2) is 37.2 Å². The molecule has 3 nitrogen and oxygen atoms in total. The van der Waals surface area contributed by atoms with Crippen LogP contribution in [0.15, 0.2) is 48.5 Å². The Bertz CT molecular complexity index is 706. The van der Waals surface area contributed by atoms with E-state index in [4.69, 9.17) is 9.47 Å². The summed E-state index contributed by atoms with van der Waals surface area (Å²) in [6.45, 7) is 4.03. The van der Waals surface area contributed by atoms with Gasteiger partial charge < -0.3 is 14.4 Å². The third-order valence-corrected chi connectivity index (χ3v) is 5.57. The summed E-state index contributed by atoms with van der Waals surface area (Å²) >= 11 is 0. The first kappa shape index (κ1) is 14.6.